The van der Waals surface area contributed by atoms with Crippen molar-refractivity contribution in [1.29, 1.82) is 0 Å². The van der Waals surface area contributed by atoms with E-state index in [1.54, 1.807) is 0 Å². The van der Waals surface area contributed by atoms with Crippen LogP contribution in [-0.4, -0.2) is 29.7 Å². The summed E-state index contributed by atoms with van der Waals surface area (Å²) < 4.78 is 26.2. The molecule has 0 saturated heterocycles. The van der Waals surface area contributed by atoms with Crippen molar-refractivity contribution in [2.24, 2.45) is 5.73 Å². The minimum Gasteiger partial charge on any atom is -0.388 e. The van der Waals surface area contributed by atoms with Crippen LogP contribution in [0.4, 0.5) is 0 Å². The fraction of sp³-hybridized carbons (Fsp3) is 0.143. The first kappa shape index (κ1) is 15.6. The van der Waals surface area contributed by atoms with Gasteiger partial charge in [0.05, 0.1) is 5.69 Å². The zero-order valence-electron chi connectivity index (χ0n) is 11.4. The highest BCUT2D eigenvalue weighted by molar-refractivity contribution is 7.89. The lowest BCUT2D eigenvalue weighted by molar-refractivity contribution is 0.466. The summed E-state index contributed by atoms with van der Waals surface area (Å²) in [6.45, 7) is 0.292. The molecule has 0 radical (unpaired) electrons. The van der Waals surface area contributed by atoms with Gasteiger partial charge in [0.1, 0.15) is 9.88 Å². The fourth-order valence-corrected chi connectivity index (χ4v) is 3.01. The Morgan fingerprint density at radius 3 is 2.43 bits per heavy atom. The summed E-state index contributed by atoms with van der Waals surface area (Å²) >= 11 is 4.79. The van der Waals surface area contributed by atoms with Crippen LogP contribution in [0.3, 0.4) is 0 Å². The second-order valence-corrected chi connectivity index (χ2v) is 6.97. The molecule has 7 heteroatoms. The maximum atomic E-state index is 12.4. The third-order valence-electron chi connectivity index (χ3n) is 2.95. The Morgan fingerprint density at radius 2 is 1.90 bits per heavy atom. The summed E-state index contributed by atoms with van der Waals surface area (Å²) in [4.78, 5) is 4.21. The molecule has 0 aliphatic heterocycles. The van der Waals surface area contributed by atoms with Crippen molar-refractivity contribution in [2.75, 3.05) is 7.05 Å². The maximum absolute atomic E-state index is 12.4. The van der Waals surface area contributed by atoms with Crippen LogP contribution in [0.2, 0.25) is 0 Å². The topological polar surface area (TPSA) is 76.3 Å². The zero-order valence-corrected chi connectivity index (χ0v) is 13.1. The van der Waals surface area contributed by atoms with Crippen LogP contribution >= 0.6 is 12.2 Å². The first-order valence-electron chi connectivity index (χ1n) is 6.17. The maximum Gasteiger partial charge on any atom is 0.244 e. The van der Waals surface area contributed by atoms with Gasteiger partial charge in [-0.2, -0.15) is 4.31 Å². The van der Waals surface area contributed by atoms with E-state index in [4.69, 9.17) is 18.0 Å². The molecule has 0 spiro atoms. The number of thiocarbonyl (C=S) groups is 1. The van der Waals surface area contributed by atoms with E-state index in [0.29, 0.717) is 12.2 Å². The number of hydrogen-bond donors (Lipinski definition) is 1. The lowest BCUT2D eigenvalue weighted by Crippen LogP contribution is -2.26. The van der Waals surface area contributed by atoms with Gasteiger partial charge < -0.3 is 5.73 Å². The van der Waals surface area contributed by atoms with Gasteiger partial charge in [-0.25, -0.2) is 8.42 Å². The molecule has 0 amide bonds. The van der Waals surface area contributed by atoms with Gasteiger partial charge in [0.25, 0.3) is 0 Å². The third kappa shape index (κ3) is 3.63. The van der Waals surface area contributed by atoms with Gasteiger partial charge in [0.2, 0.25) is 10.0 Å². The van der Waals surface area contributed by atoms with Crippen molar-refractivity contribution >= 4 is 27.2 Å². The Morgan fingerprint density at radius 1 is 1.24 bits per heavy atom. The van der Waals surface area contributed by atoms with Crippen LogP contribution in [0.5, 0.6) is 0 Å². The monoisotopic (exact) mass is 321 g/mol. The van der Waals surface area contributed by atoms with Gasteiger partial charge in [-0.1, -0.05) is 42.5 Å². The highest BCUT2D eigenvalue weighted by Crippen LogP contribution is 2.16. The van der Waals surface area contributed by atoms with Crippen molar-refractivity contribution < 1.29 is 8.42 Å². The lowest BCUT2D eigenvalue weighted by atomic mass is 10.2. The van der Waals surface area contributed by atoms with Crippen LogP contribution in [-0.2, 0) is 16.6 Å². The van der Waals surface area contributed by atoms with Gasteiger partial charge in [-0.05, 0) is 17.7 Å². The molecule has 21 heavy (non-hydrogen) atoms. The molecule has 0 fully saturated rings. The summed E-state index contributed by atoms with van der Waals surface area (Å²) in [5, 5.41) is 0. The molecule has 0 aliphatic rings. The van der Waals surface area contributed by atoms with Crippen molar-refractivity contribution in [1.82, 2.24) is 9.29 Å². The number of hydrogen-bond acceptors (Lipinski definition) is 4. The number of rotatable bonds is 5. The molecular formula is C14H15N3O2S2. The molecule has 2 N–H and O–H groups in total. The molecular weight excluding hydrogens is 306 g/mol. The normalized spacial score (nSPS) is 11.5. The molecule has 0 aliphatic carbocycles. The molecule has 1 heterocycles. The summed E-state index contributed by atoms with van der Waals surface area (Å²) in [6, 6.07) is 12.3. The zero-order chi connectivity index (χ0) is 15.5. The summed E-state index contributed by atoms with van der Waals surface area (Å²) in [7, 11) is -2.06. The van der Waals surface area contributed by atoms with E-state index in [0.717, 1.165) is 5.56 Å². The highest BCUT2D eigenvalue weighted by atomic mass is 32.2. The second kappa shape index (κ2) is 6.30. The van der Waals surface area contributed by atoms with Crippen molar-refractivity contribution in [3.63, 3.8) is 0 Å². The minimum atomic E-state index is -3.59. The van der Waals surface area contributed by atoms with Gasteiger partial charge in [0.15, 0.2) is 0 Å². The number of pyridine rings is 1. The SMILES string of the molecule is CN(Cc1ccccc1)S(=O)(=O)c1ccc(C(N)=S)nc1. The number of nitrogens with two attached hydrogens (primary N) is 1. The first-order chi connectivity index (χ1) is 9.91. The van der Waals surface area contributed by atoms with Crippen molar-refractivity contribution in [3.8, 4) is 0 Å². The number of benzene rings is 1. The molecule has 2 aromatic rings. The number of sulfonamides is 1. The standard InChI is InChI=1S/C14H15N3O2S2/c1-17(10-11-5-3-2-4-6-11)21(18,19)12-7-8-13(14(15)20)16-9-12/h2-9H,10H2,1H3,(H2,15,20). The Labute approximate surface area is 129 Å². The Kier molecular flexibility index (Phi) is 4.66. The highest BCUT2D eigenvalue weighted by Gasteiger charge is 2.21. The lowest BCUT2D eigenvalue weighted by Gasteiger charge is -2.17. The Bertz CT molecular complexity index is 729. The molecule has 0 atom stereocenters. The molecule has 0 saturated carbocycles. The second-order valence-electron chi connectivity index (χ2n) is 4.49. The van der Waals surface area contributed by atoms with E-state index >= 15 is 0 Å². The van der Waals surface area contributed by atoms with Crippen LogP contribution in [0, 0.1) is 0 Å². The van der Waals surface area contributed by atoms with Crippen molar-refractivity contribution in [2.45, 2.75) is 11.4 Å². The van der Waals surface area contributed by atoms with E-state index in [1.807, 2.05) is 30.3 Å². The number of nitrogens with zero attached hydrogens (tertiary/aromatic N) is 2. The average molecular weight is 321 g/mol. The van der Waals surface area contributed by atoms with Gasteiger partial charge in [-0.15, -0.1) is 0 Å². The summed E-state index contributed by atoms with van der Waals surface area (Å²) in [6.07, 6.45) is 1.27. The molecule has 1 aromatic heterocycles. The molecule has 1 aromatic carbocycles. The minimum absolute atomic E-state index is 0.112. The van der Waals surface area contributed by atoms with E-state index < -0.39 is 10.0 Å². The van der Waals surface area contributed by atoms with Gasteiger partial charge in [-0.3, -0.25) is 4.98 Å². The van der Waals surface area contributed by atoms with E-state index in [2.05, 4.69) is 4.98 Å². The first-order valence-corrected chi connectivity index (χ1v) is 8.02. The Balaban J connectivity index is 2.22. The molecule has 2 rings (SSSR count). The fourth-order valence-electron chi connectivity index (χ4n) is 1.78. The molecule has 0 unspecified atom stereocenters. The van der Waals surface area contributed by atoms with Gasteiger partial charge in [0, 0.05) is 19.8 Å². The number of aromatic nitrogens is 1. The van der Waals surface area contributed by atoms with Gasteiger partial charge >= 0.3 is 0 Å². The molecule has 0 bridgehead atoms. The molecule has 110 valence electrons. The summed E-state index contributed by atoms with van der Waals surface area (Å²) in [5.74, 6) is 0. The van der Waals surface area contributed by atoms with E-state index in [-0.39, 0.29) is 9.88 Å². The largest absolute Gasteiger partial charge is 0.388 e. The van der Waals surface area contributed by atoms with Crippen LogP contribution in [0.1, 0.15) is 11.3 Å². The quantitative estimate of drug-likeness (QED) is 0.845. The van der Waals surface area contributed by atoms with Crippen LogP contribution < -0.4 is 5.73 Å². The predicted molar refractivity (Wildman–Crippen MR) is 85.2 cm³/mol. The Hall–Kier alpha value is -1.83. The smallest absolute Gasteiger partial charge is 0.244 e. The van der Waals surface area contributed by atoms with E-state index in [1.165, 1.54) is 29.7 Å². The van der Waals surface area contributed by atoms with Crippen LogP contribution in [0.15, 0.2) is 53.6 Å². The summed E-state index contributed by atoms with van der Waals surface area (Å²) in [5.41, 5.74) is 6.75. The average Bonchev–Trinajstić information content (AvgIpc) is 2.48. The molecule has 5 nitrogen and oxygen atoms in total. The van der Waals surface area contributed by atoms with Crippen molar-refractivity contribution in [3.05, 3.63) is 59.9 Å². The third-order valence-corrected chi connectivity index (χ3v) is 4.94. The van der Waals surface area contributed by atoms with E-state index in [9.17, 15) is 8.42 Å². The van der Waals surface area contributed by atoms with Crippen LogP contribution in [0.25, 0.3) is 0 Å². The predicted octanol–water partition coefficient (Wildman–Crippen LogP) is 1.54.